The molecule has 0 unspecified atom stereocenters. The van der Waals surface area contributed by atoms with E-state index in [0.29, 0.717) is 19.0 Å². The van der Waals surface area contributed by atoms with E-state index in [1.54, 1.807) is 23.5 Å². The highest BCUT2D eigenvalue weighted by Gasteiger charge is 2.06. The number of hydrogen-bond acceptors (Lipinski definition) is 3. The Kier molecular flexibility index (Phi) is 6.52. The number of benzene rings is 1. The summed E-state index contributed by atoms with van der Waals surface area (Å²) in [7, 11) is 0. The molecule has 0 amide bonds. The zero-order valence-corrected chi connectivity index (χ0v) is 14.6. The van der Waals surface area contributed by atoms with Gasteiger partial charge in [0.1, 0.15) is 10.8 Å². The van der Waals surface area contributed by atoms with E-state index in [1.807, 2.05) is 6.92 Å². The monoisotopic (exact) mass is 334 g/mol. The number of halogens is 1. The molecule has 0 bridgehead atoms. The lowest BCUT2D eigenvalue weighted by Gasteiger charge is -2.10. The van der Waals surface area contributed by atoms with Gasteiger partial charge < -0.3 is 10.6 Å². The van der Waals surface area contributed by atoms with E-state index in [4.69, 9.17) is 0 Å². The van der Waals surface area contributed by atoms with Gasteiger partial charge in [0.05, 0.1) is 18.8 Å². The fourth-order valence-corrected chi connectivity index (χ4v) is 2.83. The molecule has 0 aliphatic rings. The third-order valence-corrected chi connectivity index (χ3v) is 4.11. The van der Waals surface area contributed by atoms with Crippen molar-refractivity contribution >= 4 is 17.3 Å². The predicted octanol–water partition coefficient (Wildman–Crippen LogP) is 3.66. The number of hydrogen-bond donors (Lipinski definition) is 2. The molecule has 0 saturated heterocycles. The summed E-state index contributed by atoms with van der Waals surface area (Å²) in [4.78, 5) is 9.12. The second kappa shape index (κ2) is 8.62. The molecule has 0 fully saturated rings. The quantitative estimate of drug-likeness (QED) is 0.626. The highest BCUT2D eigenvalue weighted by molar-refractivity contribution is 7.09. The van der Waals surface area contributed by atoms with Crippen molar-refractivity contribution in [2.75, 3.05) is 6.54 Å². The molecule has 0 spiro atoms. The summed E-state index contributed by atoms with van der Waals surface area (Å²) in [6, 6.07) is 6.40. The van der Waals surface area contributed by atoms with Crippen LogP contribution in [0.5, 0.6) is 0 Å². The minimum absolute atomic E-state index is 0.229. The van der Waals surface area contributed by atoms with Crippen LogP contribution in [0.25, 0.3) is 0 Å². The Morgan fingerprint density at radius 3 is 2.61 bits per heavy atom. The van der Waals surface area contributed by atoms with Crippen LogP contribution in [0.2, 0.25) is 0 Å². The molecule has 1 aromatic carbocycles. The van der Waals surface area contributed by atoms with Crippen molar-refractivity contribution in [1.82, 2.24) is 15.6 Å². The van der Waals surface area contributed by atoms with Crippen LogP contribution in [0.3, 0.4) is 0 Å². The molecule has 2 N–H and O–H groups in total. The first-order valence-corrected chi connectivity index (χ1v) is 8.67. The lowest BCUT2D eigenvalue weighted by atomic mass is 10.2. The molecule has 0 aliphatic carbocycles. The molecule has 124 valence electrons. The van der Waals surface area contributed by atoms with Crippen LogP contribution >= 0.6 is 11.3 Å². The van der Waals surface area contributed by atoms with Gasteiger partial charge in [0.25, 0.3) is 0 Å². The minimum atomic E-state index is -0.229. The van der Waals surface area contributed by atoms with Crippen LogP contribution in [-0.2, 0) is 13.1 Å². The van der Waals surface area contributed by atoms with Crippen molar-refractivity contribution in [3.8, 4) is 0 Å². The van der Waals surface area contributed by atoms with Crippen molar-refractivity contribution < 1.29 is 4.39 Å². The summed E-state index contributed by atoms with van der Waals surface area (Å²) in [5, 5.41) is 9.63. The highest BCUT2D eigenvalue weighted by Crippen LogP contribution is 2.17. The molecule has 2 aromatic rings. The normalized spacial score (nSPS) is 11.8. The van der Waals surface area contributed by atoms with Crippen LogP contribution in [0.4, 0.5) is 4.39 Å². The van der Waals surface area contributed by atoms with E-state index in [1.165, 1.54) is 12.1 Å². The van der Waals surface area contributed by atoms with Gasteiger partial charge in [-0.15, -0.1) is 11.3 Å². The minimum Gasteiger partial charge on any atom is -0.357 e. The first-order valence-electron chi connectivity index (χ1n) is 7.79. The van der Waals surface area contributed by atoms with E-state index >= 15 is 0 Å². The van der Waals surface area contributed by atoms with Crippen molar-refractivity contribution in [3.05, 3.63) is 51.7 Å². The Bertz CT molecular complexity index is 634. The molecule has 1 heterocycles. The fraction of sp³-hybridized carbons (Fsp3) is 0.412. The van der Waals surface area contributed by atoms with Gasteiger partial charge in [-0.05, 0) is 30.5 Å². The summed E-state index contributed by atoms with van der Waals surface area (Å²) in [5.41, 5.74) is 2.10. The van der Waals surface area contributed by atoms with E-state index in [2.05, 4.69) is 39.8 Å². The van der Waals surface area contributed by atoms with Gasteiger partial charge in [-0.3, -0.25) is 0 Å². The second-order valence-corrected chi connectivity index (χ2v) is 6.44. The first kappa shape index (κ1) is 17.4. The van der Waals surface area contributed by atoms with Crippen LogP contribution in [0, 0.1) is 5.82 Å². The predicted molar refractivity (Wildman–Crippen MR) is 94.3 cm³/mol. The summed E-state index contributed by atoms with van der Waals surface area (Å²) < 4.78 is 12.9. The number of aromatic nitrogens is 1. The lowest BCUT2D eigenvalue weighted by Crippen LogP contribution is -2.36. The average Bonchev–Trinajstić information content (AvgIpc) is 3.01. The molecule has 23 heavy (non-hydrogen) atoms. The number of rotatable bonds is 6. The second-order valence-electron chi connectivity index (χ2n) is 5.50. The van der Waals surface area contributed by atoms with E-state index in [-0.39, 0.29) is 5.82 Å². The fourth-order valence-electron chi connectivity index (χ4n) is 1.93. The number of thiazole rings is 1. The number of aliphatic imine (C=N–C) groups is 1. The van der Waals surface area contributed by atoms with Gasteiger partial charge in [0.2, 0.25) is 0 Å². The Hall–Kier alpha value is -1.95. The van der Waals surface area contributed by atoms with Gasteiger partial charge in [0.15, 0.2) is 5.96 Å². The van der Waals surface area contributed by atoms with Crippen molar-refractivity contribution in [3.63, 3.8) is 0 Å². The number of nitrogens with one attached hydrogen (secondary N) is 2. The Labute approximate surface area is 140 Å². The van der Waals surface area contributed by atoms with Gasteiger partial charge in [0, 0.05) is 11.9 Å². The van der Waals surface area contributed by atoms with Crippen molar-refractivity contribution in [1.29, 1.82) is 0 Å². The molecule has 1 aromatic heterocycles. The van der Waals surface area contributed by atoms with E-state index in [0.717, 1.165) is 28.8 Å². The standard InChI is InChI=1S/C17H23FN4S/c1-4-19-17(20-9-13-5-7-14(18)8-6-13)21-10-16-22-15(11-23-16)12(2)3/h5-8,11-12H,4,9-10H2,1-3H3,(H2,19,20,21). The highest BCUT2D eigenvalue weighted by atomic mass is 32.1. The maximum absolute atomic E-state index is 12.9. The maximum Gasteiger partial charge on any atom is 0.191 e. The van der Waals surface area contributed by atoms with Crippen molar-refractivity contribution in [2.45, 2.75) is 39.8 Å². The lowest BCUT2D eigenvalue weighted by molar-refractivity contribution is 0.627. The van der Waals surface area contributed by atoms with Gasteiger partial charge in [-0.2, -0.15) is 0 Å². The summed E-state index contributed by atoms with van der Waals surface area (Å²) in [6.07, 6.45) is 0. The SMILES string of the molecule is CCNC(=NCc1ccc(F)cc1)NCc1nc(C(C)C)cs1. The first-order chi connectivity index (χ1) is 11.1. The van der Waals surface area contributed by atoms with Gasteiger partial charge >= 0.3 is 0 Å². The third-order valence-electron chi connectivity index (χ3n) is 3.25. The molecular formula is C17H23FN4S. The molecule has 4 nitrogen and oxygen atoms in total. The summed E-state index contributed by atoms with van der Waals surface area (Å²) >= 11 is 1.66. The maximum atomic E-state index is 12.9. The summed E-state index contributed by atoms with van der Waals surface area (Å²) in [6.45, 7) is 8.23. The molecule has 0 radical (unpaired) electrons. The molecule has 0 aliphatic heterocycles. The summed E-state index contributed by atoms with van der Waals surface area (Å²) in [5.74, 6) is 0.950. The Balaban J connectivity index is 1.94. The average molecular weight is 334 g/mol. The largest absolute Gasteiger partial charge is 0.357 e. The van der Waals surface area contributed by atoms with Crippen LogP contribution in [0.15, 0.2) is 34.6 Å². The molecule has 2 rings (SSSR count). The van der Waals surface area contributed by atoms with Crippen LogP contribution in [-0.4, -0.2) is 17.5 Å². The molecule has 0 saturated carbocycles. The Morgan fingerprint density at radius 1 is 1.26 bits per heavy atom. The Morgan fingerprint density at radius 2 is 2.00 bits per heavy atom. The number of nitrogens with zero attached hydrogens (tertiary/aromatic N) is 2. The van der Waals surface area contributed by atoms with E-state index < -0.39 is 0 Å². The molecular weight excluding hydrogens is 311 g/mol. The zero-order chi connectivity index (χ0) is 16.7. The number of guanidine groups is 1. The van der Waals surface area contributed by atoms with Crippen molar-refractivity contribution in [2.24, 2.45) is 4.99 Å². The van der Waals surface area contributed by atoms with Crippen LogP contribution in [0.1, 0.15) is 43.0 Å². The topological polar surface area (TPSA) is 49.3 Å². The third kappa shape index (κ3) is 5.63. The van der Waals surface area contributed by atoms with E-state index in [9.17, 15) is 4.39 Å². The van der Waals surface area contributed by atoms with Crippen LogP contribution < -0.4 is 10.6 Å². The smallest absolute Gasteiger partial charge is 0.191 e. The van der Waals surface area contributed by atoms with Gasteiger partial charge in [-0.25, -0.2) is 14.4 Å². The zero-order valence-electron chi connectivity index (χ0n) is 13.8. The van der Waals surface area contributed by atoms with Gasteiger partial charge in [-0.1, -0.05) is 26.0 Å². The molecule has 0 atom stereocenters. The molecule has 6 heteroatoms.